The Kier molecular flexibility index (Phi) is 7.58. The van der Waals surface area contributed by atoms with Gasteiger partial charge >= 0.3 is 10.1 Å². The summed E-state index contributed by atoms with van der Waals surface area (Å²) in [6, 6.07) is 25.1. The molecule has 202 valence electrons. The highest BCUT2D eigenvalue weighted by Gasteiger charge is 2.36. The second-order valence-corrected chi connectivity index (χ2v) is 11.1. The number of amides is 3. The van der Waals surface area contributed by atoms with E-state index in [2.05, 4.69) is 5.32 Å². The first-order chi connectivity index (χ1) is 19.2. The summed E-state index contributed by atoms with van der Waals surface area (Å²) in [7, 11) is -2.85. The lowest BCUT2D eigenvalue weighted by Gasteiger charge is -2.13. The number of methoxy groups -OCH3 is 1. The molecule has 3 amide bonds. The van der Waals surface area contributed by atoms with Gasteiger partial charge in [0.15, 0.2) is 11.5 Å². The zero-order valence-corrected chi connectivity index (χ0v) is 22.7. The zero-order valence-electron chi connectivity index (χ0n) is 21.1. The van der Waals surface area contributed by atoms with Gasteiger partial charge in [0.25, 0.3) is 11.1 Å². The normalized spacial score (nSPS) is 14.5. The smallest absolute Gasteiger partial charge is 0.339 e. The molecule has 4 aromatic rings. The minimum Gasteiger partial charge on any atom is -0.493 e. The average molecular weight is 575 g/mol. The minimum atomic E-state index is -4.21. The monoisotopic (exact) mass is 574 g/mol. The molecule has 1 aliphatic rings. The summed E-state index contributed by atoms with van der Waals surface area (Å²) in [5.74, 6) is -1.06. The highest BCUT2D eigenvalue weighted by molar-refractivity contribution is 8.18. The maximum absolute atomic E-state index is 13.2. The molecule has 0 aliphatic carbocycles. The first-order valence-corrected chi connectivity index (χ1v) is 14.2. The number of thioether (sulfide) groups is 1. The third kappa shape index (κ3) is 5.70. The molecular formula is C29H22N2O7S2. The summed E-state index contributed by atoms with van der Waals surface area (Å²) in [6.45, 7) is -0.432. The molecule has 9 nitrogen and oxygen atoms in total. The van der Waals surface area contributed by atoms with E-state index in [1.807, 2.05) is 6.07 Å². The fourth-order valence-electron chi connectivity index (χ4n) is 4.07. The molecule has 1 N–H and O–H groups in total. The van der Waals surface area contributed by atoms with E-state index in [1.165, 1.54) is 37.5 Å². The molecule has 1 fully saturated rings. The van der Waals surface area contributed by atoms with E-state index in [1.54, 1.807) is 60.7 Å². The van der Waals surface area contributed by atoms with Crippen LogP contribution in [0, 0.1) is 0 Å². The molecule has 0 bridgehead atoms. The Morgan fingerprint density at radius 2 is 1.65 bits per heavy atom. The van der Waals surface area contributed by atoms with Gasteiger partial charge in [-0.05, 0) is 59.1 Å². The summed E-state index contributed by atoms with van der Waals surface area (Å²) in [5.41, 5.74) is 1.01. The number of carbonyl (C=O) groups excluding carboxylic acids is 3. The van der Waals surface area contributed by atoms with Crippen molar-refractivity contribution in [2.24, 2.45) is 0 Å². The molecule has 0 aromatic heterocycles. The number of nitrogens with one attached hydrogen (secondary N) is 1. The van der Waals surface area contributed by atoms with Crippen molar-refractivity contribution in [3.8, 4) is 11.5 Å². The number of anilines is 1. The van der Waals surface area contributed by atoms with Gasteiger partial charge < -0.3 is 14.2 Å². The van der Waals surface area contributed by atoms with Crippen LogP contribution in [0.3, 0.4) is 0 Å². The van der Waals surface area contributed by atoms with Gasteiger partial charge in [0.1, 0.15) is 11.4 Å². The average Bonchev–Trinajstić information content (AvgIpc) is 3.21. The topological polar surface area (TPSA) is 119 Å². The molecule has 11 heteroatoms. The van der Waals surface area contributed by atoms with Crippen LogP contribution in [0.5, 0.6) is 11.5 Å². The number of para-hydroxylation sites is 1. The van der Waals surface area contributed by atoms with Crippen molar-refractivity contribution in [2.45, 2.75) is 4.90 Å². The first kappa shape index (κ1) is 27.0. The standard InChI is InChI=1S/C29H22N2O7S2/c1-37-24-16-19(14-15-23(24)38-40(35,36)26-13-7-9-20-8-5-6-12-22(20)26)17-25-28(33)31(29(34)39-25)18-27(32)30-21-10-3-2-4-11-21/h2-17H,18H2,1H3,(H,30,32)/b25-17-. The first-order valence-electron chi connectivity index (χ1n) is 12.0. The number of benzene rings is 4. The Bertz CT molecular complexity index is 1760. The van der Waals surface area contributed by atoms with Crippen LogP contribution in [-0.4, -0.2) is 44.0 Å². The summed E-state index contributed by atoms with van der Waals surface area (Å²) >= 11 is 0.702. The molecule has 0 atom stereocenters. The van der Waals surface area contributed by atoms with Crippen molar-refractivity contribution < 1.29 is 31.7 Å². The van der Waals surface area contributed by atoms with Crippen molar-refractivity contribution >= 4 is 61.5 Å². The van der Waals surface area contributed by atoms with Gasteiger partial charge in [-0.1, -0.05) is 60.7 Å². The van der Waals surface area contributed by atoms with Crippen LogP contribution in [0.25, 0.3) is 16.8 Å². The third-order valence-corrected chi connectivity index (χ3v) is 8.14. The van der Waals surface area contributed by atoms with Crippen LogP contribution in [0.1, 0.15) is 5.56 Å². The number of hydrogen-bond acceptors (Lipinski definition) is 8. The Labute approximate surface area is 234 Å². The zero-order chi connectivity index (χ0) is 28.3. The Balaban J connectivity index is 1.34. The molecular weight excluding hydrogens is 552 g/mol. The van der Waals surface area contributed by atoms with Crippen LogP contribution in [0.2, 0.25) is 0 Å². The molecule has 1 aliphatic heterocycles. The molecule has 5 rings (SSSR count). The maximum atomic E-state index is 13.2. The van der Waals surface area contributed by atoms with Crippen LogP contribution in [-0.2, 0) is 19.7 Å². The van der Waals surface area contributed by atoms with Gasteiger partial charge in [0.05, 0.1) is 12.0 Å². The van der Waals surface area contributed by atoms with Gasteiger partial charge in [-0.3, -0.25) is 19.3 Å². The van der Waals surface area contributed by atoms with Crippen molar-refractivity contribution in [3.63, 3.8) is 0 Å². The SMILES string of the molecule is COc1cc(/C=C2\SC(=O)N(CC(=O)Nc3ccccc3)C2=O)ccc1OS(=O)(=O)c1cccc2ccccc12. The van der Waals surface area contributed by atoms with Crippen LogP contribution in [0.4, 0.5) is 10.5 Å². The van der Waals surface area contributed by atoms with Crippen molar-refractivity contribution in [1.29, 1.82) is 0 Å². The van der Waals surface area contributed by atoms with Gasteiger partial charge in [-0.2, -0.15) is 8.42 Å². The quantitative estimate of drug-likeness (QED) is 0.223. The number of nitrogens with zero attached hydrogens (tertiary/aromatic N) is 1. The molecule has 0 saturated carbocycles. The number of ether oxygens (including phenoxy) is 1. The van der Waals surface area contributed by atoms with Crippen molar-refractivity contribution in [1.82, 2.24) is 4.90 Å². The lowest BCUT2D eigenvalue weighted by Crippen LogP contribution is -2.36. The van der Waals surface area contributed by atoms with E-state index < -0.39 is 33.7 Å². The van der Waals surface area contributed by atoms with E-state index in [0.29, 0.717) is 28.4 Å². The second-order valence-electron chi connectivity index (χ2n) is 8.61. The molecule has 0 spiro atoms. The number of rotatable bonds is 8. The third-order valence-electron chi connectivity index (χ3n) is 5.94. The maximum Gasteiger partial charge on any atom is 0.339 e. The molecule has 1 saturated heterocycles. The fourth-order valence-corrected chi connectivity index (χ4v) is 6.08. The number of imide groups is 1. The van der Waals surface area contributed by atoms with E-state index in [4.69, 9.17) is 8.92 Å². The summed E-state index contributed by atoms with van der Waals surface area (Å²) in [5, 5.41) is 3.34. The van der Waals surface area contributed by atoms with Crippen molar-refractivity contribution in [2.75, 3.05) is 19.0 Å². The van der Waals surface area contributed by atoms with E-state index in [-0.39, 0.29) is 21.3 Å². The lowest BCUT2D eigenvalue weighted by molar-refractivity contribution is -0.127. The largest absolute Gasteiger partial charge is 0.493 e. The number of carbonyl (C=O) groups is 3. The lowest BCUT2D eigenvalue weighted by atomic mass is 10.1. The molecule has 40 heavy (non-hydrogen) atoms. The second kappa shape index (κ2) is 11.2. The predicted octanol–water partition coefficient (Wildman–Crippen LogP) is 5.29. The van der Waals surface area contributed by atoms with Gasteiger partial charge in [0.2, 0.25) is 5.91 Å². The van der Waals surface area contributed by atoms with Crippen LogP contribution < -0.4 is 14.2 Å². The van der Waals surface area contributed by atoms with E-state index in [0.717, 1.165) is 10.3 Å². The van der Waals surface area contributed by atoms with Gasteiger partial charge in [0, 0.05) is 11.1 Å². The highest BCUT2D eigenvalue weighted by atomic mass is 32.2. The summed E-state index contributed by atoms with van der Waals surface area (Å²) in [4.78, 5) is 38.7. The van der Waals surface area contributed by atoms with E-state index in [9.17, 15) is 22.8 Å². The Morgan fingerprint density at radius 1 is 0.925 bits per heavy atom. The van der Waals surface area contributed by atoms with E-state index >= 15 is 0 Å². The van der Waals surface area contributed by atoms with Crippen LogP contribution >= 0.6 is 11.8 Å². The fraction of sp³-hybridized carbons (Fsp3) is 0.0690. The van der Waals surface area contributed by atoms with Gasteiger partial charge in [-0.25, -0.2) is 0 Å². The van der Waals surface area contributed by atoms with Crippen molar-refractivity contribution in [3.05, 3.63) is 101 Å². The van der Waals surface area contributed by atoms with Crippen LogP contribution in [0.15, 0.2) is 101 Å². The minimum absolute atomic E-state index is 0.0155. The number of fused-ring (bicyclic) bond motifs is 1. The van der Waals surface area contributed by atoms with Gasteiger partial charge in [-0.15, -0.1) is 0 Å². The summed E-state index contributed by atoms with van der Waals surface area (Å²) in [6.07, 6.45) is 1.46. The molecule has 0 unspecified atom stereocenters. The Hall–Kier alpha value is -4.61. The Morgan fingerprint density at radius 3 is 2.42 bits per heavy atom. The highest BCUT2D eigenvalue weighted by Crippen LogP contribution is 2.36. The molecule has 0 radical (unpaired) electrons. The predicted molar refractivity (Wildman–Crippen MR) is 153 cm³/mol. The molecule has 4 aromatic carbocycles. The number of hydrogen-bond donors (Lipinski definition) is 1. The molecule has 1 heterocycles. The summed E-state index contributed by atoms with van der Waals surface area (Å²) < 4.78 is 37.1.